The summed E-state index contributed by atoms with van der Waals surface area (Å²) >= 11 is 0. The lowest BCUT2D eigenvalue weighted by Crippen LogP contribution is -2.49. The Balaban J connectivity index is 1.88. The van der Waals surface area contributed by atoms with Gasteiger partial charge < -0.3 is 10.0 Å². The third-order valence-corrected chi connectivity index (χ3v) is 4.78. The van der Waals surface area contributed by atoms with Gasteiger partial charge in [-0.05, 0) is 31.2 Å². The zero-order valence-electron chi connectivity index (χ0n) is 12.1. The number of rotatable bonds is 3. The minimum atomic E-state index is -0.867. The third kappa shape index (κ3) is 2.55. The number of aliphatic carboxylic acids is 1. The van der Waals surface area contributed by atoms with Gasteiger partial charge >= 0.3 is 5.97 Å². The minimum Gasteiger partial charge on any atom is -0.480 e. The molecule has 3 rings (SSSR count). The number of likely N-dealkylation sites (tertiary alicyclic amines) is 1. The number of hydrogen-bond acceptors (Lipinski definition) is 2. The number of benzene rings is 1. The number of carbonyl (C=O) groups excluding carboxylic acids is 1. The molecule has 1 unspecified atom stereocenters. The number of carboxylic acids is 1. The van der Waals surface area contributed by atoms with Crippen molar-refractivity contribution in [2.24, 2.45) is 0 Å². The third-order valence-electron chi connectivity index (χ3n) is 4.78. The van der Waals surface area contributed by atoms with Crippen LogP contribution in [0.4, 0.5) is 0 Å². The molecule has 21 heavy (non-hydrogen) atoms. The number of carboxylic acid groups (broad SMARTS) is 1. The van der Waals surface area contributed by atoms with Crippen LogP contribution in [0.2, 0.25) is 0 Å². The van der Waals surface area contributed by atoms with E-state index in [2.05, 4.69) is 0 Å². The summed E-state index contributed by atoms with van der Waals surface area (Å²) in [5.41, 5.74) is 0.572. The van der Waals surface area contributed by atoms with Crippen LogP contribution >= 0.6 is 0 Å². The van der Waals surface area contributed by atoms with E-state index in [1.54, 1.807) is 4.90 Å². The van der Waals surface area contributed by atoms with Gasteiger partial charge in [-0.1, -0.05) is 43.2 Å². The minimum absolute atomic E-state index is 0.0167. The van der Waals surface area contributed by atoms with Gasteiger partial charge in [-0.3, -0.25) is 4.79 Å². The van der Waals surface area contributed by atoms with Crippen molar-refractivity contribution < 1.29 is 14.7 Å². The van der Waals surface area contributed by atoms with Crippen LogP contribution < -0.4 is 0 Å². The smallest absolute Gasteiger partial charge is 0.326 e. The molecule has 1 aliphatic heterocycles. The molecule has 1 atom stereocenters. The molecule has 1 saturated carbocycles. The first-order valence-electron chi connectivity index (χ1n) is 7.74. The van der Waals surface area contributed by atoms with E-state index in [1.165, 1.54) is 0 Å². The highest BCUT2D eigenvalue weighted by molar-refractivity contribution is 5.94. The number of carbonyl (C=O) groups is 2. The molecule has 112 valence electrons. The van der Waals surface area contributed by atoms with E-state index in [1.807, 2.05) is 30.3 Å². The van der Waals surface area contributed by atoms with Gasteiger partial charge in [-0.15, -0.1) is 0 Å². The molecule has 1 amide bonds. The highest BCUT2D eigenvalue weighted by Crippen LogP contribution is 2.50. The summed E-state index contributed by atoms with van der Waals surface area (Å²) < 4.78 is 0. The van der Waals surface area contributed by atoms with Crippen molar-refractivity contribution in [2.75, 3.05) is 6.54 Å². The van der Waals surface area contributed by atoms with Gasteiger partial charge in [0.15, 0.2) is 0 Å². The van der Waals surface area contributed by atoms with Crippen LogP contribution in [-0.2, 0) is 15.0 Å². The Bertz CT molecular complexity index is 536. The zero-order valence-corrected chi connectivity index (χ0v) is 12.1. The SMILES string of the molecule is O=C(O)C1CCCCCN1C(=O)C1(c2ccccc2)CC1. The Morgan fingerprint density at radius 2 is 1.81 bits per heavy atom. The average Bonchev–Trinajstić information content (AvgIpc) is 3.31. The molecule has 1 aromatic rings. The molecule has 4 heteroatoms. The average molecular weight is 287 g/mol. The van der Waals surface area contributed by atoms with Crippen LogP contribution in [0, 0.1) is 0 Å². The molecule has 0 radical (unpaired) electrons. The van der Waals surface area contributed by atoms with Gasteiger partial charge in [-0.25, -0.2) is 4.79 Å². The van der Waals surface area contributed by atoms with Crippen LogP contribution in [0.3, 0.4) is 0 Å². The molecule has 1 N–H and O–H groups in total. The van der Waals surface area contributed by atoms with Gasteiger partial charge in [-0.2, -0.15) is 0 Å². The monoisotopic (exact) mass is 287 g/mol. The van der Waals surface area contributed by atoms with Crippen LogP contribution in [0.5, 0.6) is 0 Å². The Kier molecular flexibility index (Phi) is 3.70. The van der Waals surface area contributed by atoms with Gasteiger partial charge in [0.25, 0.3) is 0 Å². The molecule has 0 aromatic heterocycles. The lowest BCUT2D eigenvalue weighted by atomic mass is 9.93. The second-order valence-electron chi connectivity index (χ2n) is 6.15. The van der Waals surface area contributed by atoms with Gasteiger partial charge in [0.2, 0.25) is 5.91 Å². The summed E-state index contributed by atoms with van der Waals surface area (Å²) in [6.07, 6.45) is 5.04. The molecule has 1 aliphatic carbocycles. The molecule has 0 spiro atoms. The highest BCUT2D eigenvalue weighted by Gasteiger charge is 2.54. The topological polar surface area (TPSA) is 57.6 Å². The van der Waals surface area contributed by atoms with Crippen LogP contribution in [0.25, 0.3) is 0 Å². The second kappa shape index (κ2) is 5.51. The number of amides is 1. The molecule has 1 saturated heterocycles. The van der Waals surface area contributed by atoms with Crippen molar-refractivity contribution in [2.45, 2.75) is 50.0 Å². The lowest BCUT2D eigenvalue weighted by Gasteiger charge is -2.31. The summed E-state index contributed by atoms with van der Waals surface area (Å²) in [5, 5.41) is 9.45. The van der Waals surface area contributed by atoms with Crippen molar-refractivity contribution in [3.05, 3.63) is 35.9 Å². The molecule has 2 fully saturated rings. The fourth-order valence-corrected chi connectivity index (χ4v) is 3.39. The number of hydrogen-bond donors (Lipinski definition) is 1. The molecule has 0 bridgehead atoms. The summed E-state index contributed by atoms with van der Waals surface area (Å²) in [6, 6.07) is 9.15. The normalized spacial score (nSPS) is 24.2. The fraction of sp³-hybridized carbons (Fsp3) is 0.529. The largest absolute Gasteiger partial charge is 0.480 e. The van der Waals surface area contributed by atoms with Crippen molar-refractivity contribution in [3.63, 3.8) is 0 Å². The van der Waals surface area contributed by atoms with E-state index in [0.717, 1.165) is 37.7 Å². The second-order valence-corrected chi connectivity index (χ2v) is 6.15. The van der Waals surface area contributed by atoms with Gasteiger partial charge in [0.1, 0.15) is 6.04 Å². The Morgan fingerprint density at radius 3 is 2.43 bits per heavy atom. The Morgan fingerprint density at radius 1 is 1.10 bits per heavy atom. The van der Waals surface area contributed by atoms with Crippen molar-refractivity contribution in [1.82, 2.24) is 4.90 Å². The van der Waals surface area contributed by atoms with E-state index in [0.29, 0.717) is 13.0 Å². The molecule has 1 aromatic carbocycles. The maximum Gasteiger partial charge on any atom is 0.326 e. The predicted octanol–water partition coefficient (Wildman–Crippen LogP) is 2.57. The summed E-state index contributed by atoms with van der Waals surface area (Å²) in [7, 11) is 0. The van der Waals surface area contributed by atoms with Crippen LogP contribution in [-0.4, -0.2) is 34.5 Å². The molecular weight excluding hydrogens is 266 g/mol. The van der Waals surface area contributed by atoms with E-state index >= 15 is 0 Å². The van der Waals surface area contributed by atoms with Crippen molar-refractivity contribution >= 4 is 11.9 Å². The quantitative estimate of drug-likeness (QED) is 0.929. The van der Waals surface area contributed by atoms with E-state index in [4.69, 9.17) is 0 Å². The van der Waals surface area contributed by atoms with Crippen molar-refractivity contribution in [3.8, 4) is 0 Å². The first-order chi connectivity index (χ1) is 10.1. The van der Waals surface area contributed by atoms with E-state index in [9.17, 15) is 14.7 Å². The summed E-state index contributed by atoms with van der Waals surface area (Å²) in [4.78, 5) is 26.2. The molecule has 2 aliphatic rings. The maximum atomic E-state index is 13.0. The predicted molar refractivity (Wildman–Crippen MR) is 79.0 cm³/mol. The maximum absolute atomic E-state index is 13.0. The zero-order chi connectivity index (χ0) is 14.9. The Hall–Kier alpha value is -1.84. The van der Waals surface area contributed by atoms with E-state index in [-0.39, 0.29) is 5.91 Å². The first kappa shape index (κ1) is 14.1. The van der Waals surface area contributed by atoms with Crippen LogP contribution in [0.15, 0.2) is 30.3 Å². The molecule has 1 heterocycles. The summed E-state index contributed by atoms with van der Waals surface area (Å²) in [6.45, 7) is 0.574. The molecular formula is C17H21NO3. The highest BCUT2D eigenvalue weighted by atomic mass is 16.4. The first-order valence-corrected chi connectivity index (χ1v) is 7.74. The van der Waals surface area contributed by atoms with Crippen molar-refractivity contribution in [1.29, 1.82) is 0 Å². The molecule has 4 nitrogen and oxygen atoms in total. The van der Waals surface area contributed by atoms with E-state index < -0.39 is 17.4 Å². The van der Waals surface area contributed by atoms with Gasteiger partial charge in [0, 0.05) is 6.54 Å². The lowest BCUT2D eigenvalue weighted by molar-refractivity contribution is -0.151. The standard InChI is InChI=1S/C17H21NO3/c19-15(20)14-9-5-2-6-12-18(14)16(21)17(10-11-17)13-7-3-1-4-8-13/h1,3-4,7-8,14H,2,5-6,9-12H2,(H,19,20). The number of nitrogens with zero attached hydrogens (tertiary/aromatic N) is 1. The fourth-order valence-electron chi connectivity index (χ4n) is 3.39. The summed E-state index contributed by atoms with van der Waals surface area (Å²) in [5.74, 6) is -0.850. The Labute approximate surface area is 124 Å². The van der Waals surface area contributed by atoms with Crippen LogP contribution in [0.1, 0.15) is 44.1 Å². The van der Waals surface area contributed by atoms with Gasteiger partial charge in [0.05, 0.1) is 5.41 Å².